The van der Waals surface area contributed by atoms with Gasteiger partial charge in [0.1, 0.15) is 6.07 Å². The van der Waals surface area contributed by atoms with Gasteiger partial charge in [-0.05, 0) is 29.8 Å². The topological polar surface area (TPSA) is 104 Å². The predicted molar refractivity (Wildman–Crippen MR) is 92.7 cm³/mol. The van der Waals surface area contributed by atoms with Crippen LogP contribution in [0.2, 0.25) is 0 Å². The normalized spacial score (nSPS) is 9.88. The predicted octanol–water partition coefficient (Wildman–Crippen LogP) is 2.61. The first-order chi connectivity index (χ1) is 12.3. The van der Waals surface area contributed by atoms with Crippen LogP contribution in [-0.4, -0.2) is 20.9 Å². The number of pyridine rings is 1. The van der Waals surface area contributed by atoms with Crippen molar-refractivity contribution in [1.82, 2.24) is 15.0 Å². The third-order valence-electron chi connectivity index (χ3n) is 3.42. The number of carbonyl (C=O) groups excluding carboxylic acids is 1. The largest absolute Gasteiger partial charge is 0.364 e. The van der Waals surface area contributed by atoms with Crippen LogP contribution in [0.3, 0.4) is 0 Å². The molecule has 7 heteroatoms. The summed E-state index contributed by atoms with van der Waals surface area (Å²) in [5.41, 5.74) is 2.48. The highest BCUT2D eigenvalue weighted by Crippen LogP contribution is 2.13. The van der Waals surface area contributed by atoms with Gasteiger partial charge in [0.2, 0.25) is 0 Å². The van der Waals surface area contributed by atoms with Gasteiger partial charge in [-0.2, -0.15) is 5.26 Å². The summed E-state index contributed by atoms with van der Waals surface area (Å²) < 4.78 is 0. The molecule has 0 aliphatic rings. The second-order valence-electron chi connectivity index (χ2n) is 5.11. The molecule has 2 N–H and O–H groups in total. The van der Waals surface area contributed by atoms with Crippen LogP contribution in [0.15, 0.2) is 61.2 Å². The number of rotatable bonds is 5. The standard InChI is InChI=1S/C18H14N6O/c19-11-16-17(22-10-9-21-16)23-12-13-1-3-15(4-2-13)24-18(25)14-5-7-20-8-6-14/h1-10H,12H2,(H,22,23)(H,24,25). The molecule has 0 saturated carbocycles. The summed E-state index contributed by atoms with van der Waals surface area (Å²) in [5.74, 6) is 0.256. The first kappa shape index (κ1) is 16.1. The van der Waals surface area contributed by atoms with Gasteiger partial charge in [-0.15, -0.1) is 0 Å². The van der Waals surface area contributed by atoms with Crippen LogP contribution in [0.25, 0.3) is 0 Å². The molecule has 2 heterocycles. The van der Waals surface area contributed by atoms with Gasteiger partial charge in [0, 0.05) is 42.6 Å². The summed E-state index contributed by atoms with van der Waals surface area (Å²) in [4.78, 5) is 24.0. The number of hydrogen-bond donors (Lipinski definition) is 2. The van der Waals surface area contributed by atoms with Crippen LogP contribution in [-0.2, 0) is 6.54 Å². The smallest absolute Gasteiger partial charge is 0.255 e. The zero-order chi connectivity index (χ0) is 17.5. The van der Waals surface area contributed by atoms with E-state index in [2.05, 4.69) is 25.6 Å². The monoisotopic (exact) mass is 330 g/mol. The Balaban J connectivity index is 1.61. The highest BCUT2D eigenvalue weighted by molar-refractivity contribution is 6.04. The maximum absolute atomic E-state index is 12.1. The minimum absolute atomic E-state index is 0.188. The second kappa shape index (κ2) is 7.66. The van der Waals surface area contributed by atoms with Gasteiger partial charge in [0.25, 0.3) is 5.91 Å². The molecule has 0 fully saturated rings. The van der Waals surface area contributed by atoms with Gasteiger partial charge < -0.3 is 10.6 Å². The number of anilines is 2. The Kier molecular flexibility index (Phi) is 4.93. The third-order valence-corrected chi connectivity index (χ3v) is 3.42. The zero-order valence-corrected chi connectivity index (χ0v) is 13.2. The second-order valence-corrected chi connectivity index (χ2v) is 5.11. The van der Waals surface area contributed by atoms with E-state index < -0.39 is 0 Å². The van der Waals surface area contributed by atoms with Crippen LogP contribution in [0.4, 0.5) is 11.5 Å². The minimum Gasteiger partial charge on any atom is -0.364 e. The molecular weight excluding hydrogens is 316 g/mol. The summed E-state index contributed by atoms with van der Waals surface area (Å²) in [5, 5.41) is 14.9. The van der Waals surface area contributed by atoms with Crippen molar-refractivity contribution in [3.63, 3.8) is 0 Å². The number of hydrogen-bond acceptors (Lipinski definition) is 6. The zero-order valence-electron chi connectivity index (χ0n) is 13.2. The molecule has 0 saturated heterocycles. The van der Waals surface area contributed by atoms with Crippen molar-refractivity contribution >= 4 is 17.4 Å². The highest BCUT2D eigenvalue weighted by atomic mass is 16.1. The molecule has 0 aliphatic heterocycles. The fourth-order valence-electron chi connectivity index (χ4n) is 2.15. The van der Waals surface area contributed by atoms with Crippen LogP contribution in [0.1, 0.15) is 21.6 Å². The van der Waals surface area contributed by atoms with Gasteiger partial charge in [-0.3, -0.25) is 9.78 Å². The molecule has 1 aromatic carbocycles. The average molecular weight is 330 g/mol. The fourth-order valence-corrected chi connectivity index (χ4v) is 2.15. The fraction of sp³-hybridized carbons (Fsp3) is 0.0556. The molecule has 1 amide bonds. The number of benzene rings is 1. The van der Waals surface area contributed by atoms with Crippen molar-refractivity contribution in [2.45, 2.75) is 6.54 Å². The Morgan fingerprint density at radius 2 is 1.72 bits per heavy atom. The van der Waals surface area contributed by atoms with Gasteiger partial charge in [-0.1, -0.05) is 12.1 Å². The van der Waals surface area contributed by atoms with E-state index in [0.717, 1.165) is 5.56 Å². The molecule has 0 unspecified atom stereocenters. The van der Waals surface area contributed by atoms with E-state index in [4.69, 9.17) is 5.26 Å². The third kappa shape index (κ3) is 4.14. The molecule has 122 valence electrons. The molecule has 3 aromatic rings. The number of aromatic nitrogens is 3. The Hall–Kier alpha value is -3.79. The Bertz CT molecular complexity index is 903. The van der Waals surface area contributed by atoms with E-state index in [1.54, 1.807) is 24.5 Å². The number of nitrogens with one attached hydrogen (secondary N) is 2. The van der Waals surface area contributed by atoms with E-state index in [9.17, 15) is 4.79 Å². The number of carbonyl (C=O) groups is 1. The van der Waals surface area contributed by atoms with Crippen LogP contribution < -0.4 is 10.6 Å². The van der Waals surface area contributed by atoms with Gasteiger partial charge >= 0.3 is 0 Å². The van der Waals surface area contributed by atoms with Crippen LogP contribution in [0, 0.1) is 11.3 Å². The summed E-state index contributed by atoms with van der Waals surface area (Å²) in [6.07, 6.45) is 6.15. The van der Waals surface area contributed by atoms with Gasteiger partial charge in [0.15, 0.2) is 11.5 Å². The van der Waals surface area contributed by atoms with Crippen molar-refractivity contribution in [1.29, 1.82) is 5.26 Å². The molecular formula is C18H14N6O. The lowest BCUT2D eigenvalue weighted by molar-refractivity contribution is 0.102. The molecule has 0 atom stereocenters. The Labute approximate surface area is 144 Å². The van der Waals surface area contributed by atoms with Gasteiger partial charge in [0.05, 0.1) is 0 Å². The molecule has 0 bridgehead atoms. The van der Waals surface area contributed by atoms with E-state index in [1.165, 1.54) is 12.4 Å². The maximum atomic E-state index is 12.1. The average Bonchev–Trinajstić information content (AvgIpc) is 2.68. The van der Waals surface area contributed by atoms with Crippen molar-refractivity contribution in [2.24, 2.45) is 0 Å². The number of nitriles is 1. The van der Waals surface area contributed by atoms with Crippen molar-refractivity contribution in [2.75, 3.05) is 10.6 Å². The molecule has 7 nitrogen and oxygen atoms in total. The molecule has 0 spiro atoms. The van der Waals surface area contributed by atoms with E-state index >= 15 is 0 Å². The summed E-state index contributed by atoms with van der Waals surface area (Å²) >= 11 is 0. The molecule has 0 radical (unpaired) electrons. The Morgan fingerprint density at radius 1 is 1.00 bits per heavy atom. The van der Waals surface area contributed by atoms with E-state index in [0.29, 0.717) is 23.6 Å². The Morgan fingerprint density at radius 3 is 2.44 bits per heavy atom. The van der Waals surface area contributed by atoms with E-state index in [-0.39, 0.29) is 11.6 Å². The van der Waals surface area contributed by atoms with Crippen LogP contribution >= 0.6 is 0 Å². The van der Waals surface area contributed by atoms with Crippen LogP contribution in [0.5, 0.6) is 0 Å². The summed E-state index contributed by atoms with van der Waals surface area (Å²) in [7, 11) is 0. The first-order valence-electron chi connectivity index (χ1n) is 7.51. The first-order valence-corrected chi connectivity index (χ1v) is 7.51. The molecule has 0 aliphatic carbocycles. The maximum Gasteiger partial charge on any atom is 0.255 e. The minimum atomic E-state index is -0.188. The SMILES string of the molecule is N#Cc1nccnc1NCc1ccc(NC(=O)c2ccncc2)cc1. The molecule has 2 aromatic heterocycles. The molecule has 25 heavy (non-hydrogen) atoms. The lowest BCUT2D eigenvalue weighted by Gasteiger charge is -2.08. The van der Waals surface area contributed by atoms with Crippen molar-refractivity contribution < 1.29 is 4.79 Å². The van der Waals surface area contributed by atoms with Gasteiger partial charge in [-0.25, -0.2) is 9.97 Å². The summed E-state index contributed by atoms with van der Waals surface area (Å²) in [6, 6.07) is 12.7. The summed E-state index contributed by atoms with van der Waals surface area (Å²) in [6.45, 7) is 0.492. The number of nitrogens with zero attached hydrogens (tertiary/aromatic N) is 4. The van der Waals surface area contributed by atoms with Crippen molar-refractivity contribution in [3.8, 4) is 6.07 Å². The van der Waals surface area contributed by atoms with E-state index in [1.807, 2.05) is 30.3 Å². The molecule has 3 rings (SSSR count). The number of amides is 1. The quantitative estimate of drug-likeness (QED) is 0.745. The lowest BCUT2D eigenvalue weighted by Crippen LogP contribution is -2.11. The van der Waals surface area contributed by atoms with Crippen molar-refractivity contribution in [3.05, 3.63) is 78.0 Å². The lowest BCUT2D eigenvalue weighted by atomic mass is 10.2. The highest BCUT2D eigenvalue weighted by Gasteiger charge is 2.06.